The first-order valence-electron chi connectivity index (χ1n) is 21.6. The molecule has 7 heterocycles. The number of pyridine rings is 1. The number of urea groups is 1. The molecule has 0 bridgehead atoms. The van der Waals surface area contributed by atoms with E-state index in [2.05, 4.69) is 54.1 Å². The van der Waals surface area contributed by atoms with Gasteiger partial charge < -0.3 is 20.2 Å². The fraction of sp³-hybridized carbons (Fsp3) is 0.400. The van der Waals surface area contributed by atoms with Crippen LogP contribution in [-0.2, 0) is 30.4 Å². The highest BCUT2D eigenvalue weighted by atomic mass is 19.1. The molecule has 326 valence electrons. The summed E-state index contributed by atoms with van der Waals surface area (Å²) in [7, 11) is 1.78. The maximum Gasteiger partial charge on any atom is 0.329 e. The highest BCUT2D eigenvalue weighted by molar-refractivity contribution is 6.09. The Kier molecular flexibility index (Phi) is 10.2. The summed E-state index contributed by atoms with van der Waals surface area (Å²) < 4.78 is 20.6. The Labute approximate surface area is 362 Å². The number of nitrogens with zero attached hydrogens (tertiary/aromatic N) is 11. The second kappa shape index (κ2) is 15.9. The molecule has 18 heteroatoms. The quantitative estimate of drug-likeness (QED) is 0.164. The number of piperazine rings is 1. The third kappa shape index (κ3) is 7.45. The Balaban J connectivity index is 0.748. The Bertz CT molecular complexity index is 2830. The Morgan fingerprint density at radius 3 is 2.48 bits per heavy atom. The number of aromatic nitrogens is 7. The maximum atomic E-state index is 15.7. The van der Waals surface area contributed by atoms with Gasteiger partial charge in [0.2, 0.25) is 11.9 Å². The number of carbonyl (C=O) groups is 2. The molecule has 0 unspecified atom stereocenters. The number of benzene rings is 2. The van der Waals surface area contributed by atoms with Crippen LogP contribution < -0.4 is 30.9 Å². The zero-order valence-corrected chi connectivity index (χ0v) is 35.4. The number of aliphatic hydroxyl groups is 1. The van der Waals surface area contributed by atoms with E-state index in [0.717, 1.165) is 87.5 Å². The van der Waals surface area contributed by atoms with E-state index in [-0.39, 0.29) is 36.8 Å². The molecular formula is C45H50FN13O4. The first-order chi connectivity index (χ1) is 30.4. The largest absolute Gasteiger partial charge is 0.384 e. The summed E-state index contributed by atoms with van der Waals surface area (Å²) in [4.78, 5) is 60.2. The lowest BCUT2D eigenvalue weighted by Gasteiger charge is -2.40. The molecule has 0 spiro atoms. The third-order valence-corrected chi connectivity index (χ3v) is 13.1. The minimum Gasteiger partial charge on any atom is -0.384 e. The van der Waals surface area contributed by atoms with E-state index in [1.807, 2.05) is 30.3 Å². The second-order valence-corrected chi connectivity index (χ2v) is 17.3. The number of hydrogen-bond donors (Lipinski definition) is 3. The molecule has 1 atom stereocenters. The van der Waals surface area contributed by atoms with Crippen molar-refractivity contribution < 1.29 is 19.1 Å². The molecular weight excluding hydrogens is 806 g/mol. The van der Waals surface area contributed by atoms with Crippen molar-refractivity contribution in [2.24, 2.45) is 13.0 Å². The number of aryl methyl sites for hydroxylation is 2. The van der Waals surface area contributed by atoms with Crippen molar-refractivity contribution >= 4 is 62.7 Å². The first-order valence-corrected chi connectivity index (χ1v) is 21.6. The van der Waals surface area contributed by atoms with Gasteiger partial charge in [0.05, 0.1) is 23.4 Å². The number of amides is 3. The summed E-state index contributed by atoms with van der Waals surface area (Å²) >= 11 is 0. The lowest BCUT2D eigenvalue weighted by molar-refractivity contribution is -0.120. The number of fused-ring (bicyclic) bond motifs is 3. The highest BCUT2D eigenvalue weighted by Gasteiger charge is 2.35. The van der Waals surface area contributed by atoms with Crippen LogP contribution in [0.4, 0.5) is 38.0 Å². The van der Waals surface area contributed by atoms with E-state index in [4.69, 9.17) is 9.97 Å². The molecule has 3 amide bonds. The molecule has 3 aliphatic heterocycles. The number of carbonyl (C=O) groups excluding carboxylic acids is 2. The highest BCUT2D eigenvalue weighted by Crippen LogP contribution is 2.37. The van der Waals surface area contributed by atoms with E-state index < -0.39 is 11.6 Å². The molecule has 3 N–H and O–H groups in total. The normalized spacial score (nSPS) is 19.9. The zero-order chi connectivity index (χ0) is 43.6. The first kappa shape index (κ1) is 40.4. The van der Waals surface area contributed by atoms with Gasteiger partial charge in [0.25, 0.3) is 5.56 Å². The molecule has 17 nitrogen and oxygen atoms in total. The lowest BCUT2D eigenvalue weighted by Crippen LogP contribution is -2.49. The van der Waals surface area contributed by atoms with Crippen molar-refractivity contribution in [1.82, 2.24) is 44.3 Å². The Morgan fingerprint density at radius 1 is 0.952 bits per heavy atom. The molecule has 4 aromatic heterocycles. The van der Waals surface area contributed by atoms with Crippen molar-refractivity contribution in [1.29, 1.82) is 0 Å². The van der Waals surface area contributed by atoms with Crippen LogP contribution in [0.5, 0.6) is 0 Å². The van der Waals surface area contributed by atoms with Crippen molar-refractivity contribution in [3.8, 4) is 5.82 Å². The molecule has 4 aliphatic rings. The standard InChI is InChI=1S/C45H50FN13O4/c1-4-16-58-42(61)33-26-47-43(51-40(33)59(58)37-10-5-29-11-15-45(2,63)39(29)49-37)48-30-6-8-31(9-7-30)55-22-20-54(21-23-55)27-28-12-17-56(18-13-28)36-25-35-32(24-34(36)46)41(52-53(35)3)57-19-14-38(60)50-44(57)62/h4-10,24-26,28,63H,1,11-23,27H2,2-3H3,(H,47,48,51)(H,50,60,62)/t45-/m1/s1. The van der Waals surface area contributed by atoms with Gasteiger partial charge in [-0.05, 0) is 86.6 Å². The van der Waals surface area contributed by atoms with Crippen LogP contribution in [0.25, 0.3) is 27.8 Å². The van der Waals surface area contributed by atoms with Gasteiger partial charge in [-0.25, -0.2) is 28.5 Å². The van der Waals surface area contributed by atoms with E-state index in [9.17, 15) is 19.5 Å². The van der Waals surface area contributed by atoms with E-state index in [1.54, 1.807) is 29.4 Å². The maximum absolute atomic E-state index is 15.7. The molecule has 10 rings (SSSR count). The molecule has 63 heavy (non-hydrogen) atoms. The minimum absolute atomic E-state index is 0.169. The van der Waals surface area contributed by atoms with E-state index in [0.29, 0.717) is 57.7 Å². The van der Waals surface area contributed by atoms with Crippen molar-refractivity contribution in [2.75, 3.05) is 72.4 Å². The minimum atomic E-state index is -1.04. The van der Waals surface area contributed by atoms with Crippen LogP contribution >= 0.6 is 0 Å². The number of imide groups is 1. The molecule has 0 saturated carbocycles. The van der Waals surface area contributed by atoms with Crippen LogP contribution in [0.1, 0.15) is 43.9 Å². The summed E-state index contributed by atoms with van der Waals surface area (Å²) in [5.74, 6) is 1.02. The van der Waals surface area contributed by atoms with Gasteiger partial charge in [-0.3, -0.25) is 29.4 Å². The fourth-order valence-electron chi connectivity index (χ4n) is 9.62. The summed E-state index contributed by atoms with van der Waals surface area (Å²) in [6, 6.07) is 14.8. The third-order valence-electron chi connectivity index (χ3n) is 13.1. The second-order valence-electron chi connectivity index (χ2n) is 17.3. The molecule has 3 saturated heterocycles. The molecule has 1 aliphatic carbocycles. The predicted molar refractivity (Wildman–Crippen MR) is 238 cm³/mol. The SMILES string of the molecule is C=CCn1c(=O)c2cnc(Nc3ccc(N4CCN(CC5CCN(c6cc7c(cc6F)c(N6CCC(=O)NC6=O)nn7C)CC5)CC4)cc3)nc2n1-c1ccc2c(n1)[C@](C)(O)CC2. The number of anilines is 5. The number of allylic oxidation sites excluding steroid dienone is 1. The number of halogens is 1. The van der Waals surface area contributed by atoms with Crippen LogP contribution in [0, 0.1) is 11.7 Å². The van der Waals surface area contributed by atoms with Crippen molar-refractivity contribution in [3.63, 3.8) is 0 Å². The van der Waals surface area contributed by atoms with Gasteiger partial charge in [-0.15, -0.1) is 6.58 Å². The van der Waals surface area contributed by atoms with E-state index in [1.165, 1.54) is 21.8 Å². The fourth-order valence-corrected chi connectivity index (χ4v) is 9.62. The summed E-state index contributed by atoms with van der Waals surface area (Å²) in [5.41, 5.74) is 3.94. The number of piperidine rings is 1. The van der Waals surface area contributed by atoms with Crippen LogP contribution in [0.15, 0.2) is 72.2 Å². The van der Waals surface area contributed by atoms with Gasteiger partial charge in [0, 0.05) is 88.8 Å². The molecule has 2 aromatic carbocycles. The van der Waals surface area contributed by atoms with Gasteiger partial charge in [-0.2, -0.15) is 10.1 Å². The smallest absolute Gasteiger partial charge is 0.329 e. The summed E-state index contributed by atoms with van der Waals surface area (Å²) in [5, 5.41) is 22.0. The number of hydrogen-bond acceptors (Lipinski definition) is 12. The Morgan fingerprint density at radius 2 is 1.73 bits per heavy atom. The zero-order valence-electron chi connectivity index (χ0n) is 35.4. The summed E-state index contributed by atoms with van der Waals surface area (Å²) in [6.45, 7) is 12.3. The number of nitrogens with one attached hydrogen (secondary N) is 2. The average Bonchev–Trinajstić information content (AvgIpc) is 3.87. The number of rotatable bonds is 10. The van der Waals surface area contributed by atoms with E-state index >= 15 is 4.39 Å². The van der Waals surface area contributed by atoms with Crippen LogP contribution in [0.3, 0.4) is 0 Å². The van der Waals surface area contributed by atoms with Gasteiger partial charge in [0.1, 0.15) is 16.8 Å². The molecule has 3 fully saturated rings. The lowest BCUT2D eigenvalue weighted by atomic mass is 9.95. The van der Waals surface area contributed by atoms with Crippen LogP contribution in [0.2, 0.25) is 0 Å². The molecule has 0 radical (unpaired) electrons. The topological polar surface area (TPSA) is 175 Å². The predicted octanol–water partition coefficient (Wildman–Crippen LogP) is 4.57. The van der Waals surface area contributed by atoms with Gasteiger partial charge in [0.15, 0.2) is 17.3 Å². The van der Waals surface area contributed by atoms with Gasteiger partial charge >= 0.3 is 6.03 Å². The van der Waals surface area contributed by atoms with Crippen LogP contribution in [-0.4, -0.2) is 108 Å². The van der Waals surface area contributed by atoms with Gasteiger partial charge in [-0.1, -0.05) is 12.1 Å². The monoisotopic (exact) mass is 855 g/mol. The Hall–Kier alpha value is -6.66. The van der Waals surface area contributed by atoms with Crippen molar-refractivity contribution in [2.45, 2.75) is 51.2 Å². The molecule has 6 aromatic rings. The summed E-state index contributed by atoms with van der Waals surface area (Å²) in [6.07, 6.45) is 6.62. The average molecular weight is 856 g/mol. The van der Waals surface area contributed by atoms with Crippen molar-refractivity contribution in [3.05, 3.63) is 94.8 Å².